The zero-order valence-electron chi connectivity index (χ0n) is 12.3. The van der Waals surface area contributed by atoms with Gasteiger partial charge in [-0.25, -0.2) is 0 Å². The fourth-order valence-electron chi connectivity index (χ4n) is 2.65. The van der Waals surface area contributed by atoms with Crippen LogP contribution in [0.2, 0.25) is 0 Å². The Morgan fingerprint density at radius 3 is 2.80 bits per heavy atom. The van der Waals surface area contributed by atoms with Crippen molar-refractivity contribution < 1.29 is 4.79 Å². The van der Waals surface area contributed by atoms with Crippen LogP contribution in [-0.4, -0.2) is 55.5 Å². The lowest BCUT2D eigenvalue weighted by molar-refractivity contribution is 0.0782. The third-order valence-electron chi connectivity index (χ3n) is 3.90. The zero-order chi connectivity index (χ0) is 14.4. The molecule has 0 atom stereocenters. The molecule has 4 heteroatoms. The van der Waals surface area contributed by atoms with Gasteiger partial charge in [0.1, 0.15) is 0 Å². The van der Waals surface area contributed by atoms with Crippen LogP contribution in [0, 0.1) is 0 Å². The molecule has 2 rings (SSSR count). The van der Waals surface area contributed by atoms with Gasteiger partial charge in [-0.2, -0.15) is 0 Å². The molecule has 1 fully saturated rings. The molecule has 0 unspecified atom stereocenters. The molecule has 4 nitrogen and oxygen atoms in total. The van der Waals surface area contributed by atoms with Crippen molar-refractivity contribution in [3.8, 4) is 0 Å². The number of nitrogens with two attached hydrogens (primary N) is 1. The maximum Gasteiger partial charge on any atom is 0.253 e. The first-order chi connectivity index (χ1) is 9.70. The molecule has 1 aromatic rings. The molecule has 0 aromatic heterocycles. The minimum Gasteiger partial charge on any atom is -0.340 e. The normalized spacial score (nSPS) is 15.5. The maximum atomic E-state index is 12.4. The van der Waals surface area contributed by atoms with Gasteiger partial charge in [0.25, 0.3) is 5.91 Å². The van der Waals surface area contributed by atoms with Gasteiger partial charge >= 0.3 is 0 Å². The molecule has 0 aliphatic carbocycles. The van der Waals surface area contributed by atoms with Crippen LogP contribution in [0.1, 0.15) is 28.8 Å². The predicted octanol–water partition coefficient (Wildman–Crippen LogP) is 1.36. The Hall–Kier alpha value is -1.39. The second kappa shape index (κ2) is 7.41. The maximum absolute atomic E-state index is 12.4. The van der Waals surface area contributed by atoms with Crippen LogP contribution in [0.15, 0.2) is 24.3 Å². The molecular weight excluding hydrogens is 250 g/mol. The Morgan fingerprint density at radius 2 is 2.10 bits per heavy atom. The van der Waals surface area contributed by atoms with Crippen molar-refractivity contribution in [2.45, 2.75) is 19.3 Å². The molecule has 1 aliphatic heterocycles. The van der Waals surface area contributed by atoms with Gasteiger partial charge in [-0.1, -0.05) is 12.1 Å². The van der Waals surface area contributed by atoms with Crippen molar-refractivity contribution in [1.29, 1.82) is 0 Å². The third-order valence-corrected chi connectivity index (χ3v) is 3.90. The van der Waals surface area contributed by atoms with Crippen LogP contribution in [0.4, 0.5) is 0 Å². The summed E-state index contributed by atoms with van der Waals surface area (Å²) in [6.07, 6.45) is 3.40. The predicted molar refractivity (Wildman–Crippen MR) is 81.8 cm³/mol. The fraction of sp³-hybridized carbons (Fsp3) is 0.562. The highest BCUT2D eigenvalue weighted by atomic mass is 16.2. The van der Waals surface area contributed by atoms with E-state index in [0.29, 0.717) is 6.54 Å². The minimum atomic E-state index is 0.100. The van der Waals surface area contributed by atoms with Crippen LogP contribution < -0.4 is 5.73 Å². The molecule has 1 aromatic carbocycles. The largest absolute Gasteiger partial charge is 0.340 e. The van der Waals surface area contributed by atoms with E-state index in [0.717, 1.165) is 30.6 Å². The highest BCUT2D eigenvalue weighted by molar-refractivity contribution is 5.94. The number of amides is 1. The van der Waals surface area contributed by atoms with Crippen molar-refractivity contribution in [2.75, 3.05) is 39.8 Å². The van der Waals surface area contributed by atoms with Crippen LogP contribution in [0.3, 0.4) is 0 Å². The molecule has 20 heavy (non-hydrogen) atoms. The van der Waals surface area contributed by atoms with Crippen LogP contribution in [0.25, 0.3) is 0 Å². The molecule has 1 aliphatic rings. The molecule has 0 radical (unpaired) electrons. The molecule has 2 N–H and O–H groups in total. The SMILES string of the molecule is CN(CCN1CCCC1)C(=O)c1cccc(CCN)c1. The van der Waals surface area contributed by atoms with Gasteiger partial charge in [-0.05, 0) is 56.6 Å². The van der Waals surface area contributed by atoms with E-state index in [-0.39, 0.29) is 5.91 Å². The lowest BCUT2D eigenvalue weighted by atomic mass is 10.1. The molecule has 1 heterocycles. The second-order valence-corrected chi connectivity index (χ2v) is 5.51. The van der Waals surface area contributed by atoms with Crippen molar-refractivity contribution in [3.05, 3.63) is 35.4 Å². The average molecular weight is 275 g/mol. The first-order valence-electron chi connectivity index (χ1n) is 7.47. The van der Waals surface area contributed by atoms with E-state index in [9.17, 15) is 4.79 Å². The molecule has 1 saturated heterocycles. The first kappa shape index (κ1) is 15.0. The topological polar surface area (TPSA) is 49.6 Å². The number of benzene rings is 1. The van der Waals surface area contributed by atoms with Gasteiger partial charge in [0.15, 0.2) is 0 Å². The van der Waals surface area contributed by atoms with Gasteiger partial charge < -0.3 is 15.5 Å². The number of hydrogen-bond donors (Lipinski definition) is 1. The van der Waals surface area contributed by atoms with Gasteiger partial charge in [-0.15, -0.1) is 0 Å². The molecule has 1 amide bonds. The molecule has 0 saturated carbocycles. The van der Waals surface area contributed by atoms with Gasteiger partial charge in [0.05, 0.1) is 0 Å². The summed E-state index contributed by atoms with van der Waals surface area (Å²) >= 11 is 0. The Balaban J connectivity index is 1.89. The number of rotatable bonds is 6. The second-order valence-electron chi connectivity index (χ2n) is 5.51. The average Bonchev–Trinajstić information content (AvgIpc) is 2.98. The summed E-state index contributed by atoms with van der Waals surface area (Å²) in [5.74, 6) is 0.100. The van der Waals surface area contributed by atoms with Gasteiger partial charge in [0.2, 0.25) is 0 Å². The number of nitrogens with zero attached hydrogens (tertiary/aromatic N) is 2. The lowest BCUT2D eigenvalue weighted by Crippen LogP contribution is -2.35. The van der Waals surface area contributed by atoms with Crippen molar-refractivity contribution in [1.82, 2.24) is 9.80 Å². The van der Waals surface area contributed by atoms with Crippen LogP contribution in [0.5, 0.6) is 0 Å². The smallest absolute Gasteiger partial charge is 0.253 e. The molecule has 0 bridgehead atoms. The standard InChI is InChI=1S/C16H25N3O/c1-18(11-12-19-9-2-3-10-19)16(20)15-6-4-5-14(13-15)7-8-17/h4-6,13H,2-3,7-12,17H2,1H3. The summed E-state index contributed by atoms with van der Waals surface area (Å²) in [5, 5.41) is 0. The van der Waals surface area contributed by atoms with E-state index in [1.54, 1.807) is 0 Å². The number of hydrogen-bond acceptors (Lipinski definition) is 3. The quantitative estimate of drug-likeness (QED) is 0.853. The van der Waals surface area contributed by atoms with E-state index in [1.807, 2.05) is 36.2 Å². The molecule has 110 valence electrons. The van der Waals surface area contributed by atoms with E-state index in [4.69, 9.17) is 5.73 Å². The van der Waals surface area contributed by atoms with E-state index < -0.39 is 0 Å². The van der Waals surface area contributed by atoms with Crippen LogP contribution in [-0.2, 0) is 6.42 Å². The Kier molecular flexibility index (Phi) is 5.56. The van der Waals surface area contributed by atoms with Crippen LogP contribution >= 0.6 is 0 Å². The first-order valence-corrected chi connectivity index (χ1v) is 7.47. The summed E-state index contributed by atoms with van der Waals surface area (Å²) < 4.78 is 0. The van der Waals surface area contributed by atoms with E-state index in [1.165, 1.54) is 25.9 Å². The third kappa shape index (κ3) is 4.05. The highest BCUT2D eigenvalue weighted by Crippen LogP contribution is 2.10. The molecular formula is C16H25N3O. The molecule has 0 spiro atoms. The Morgan fingerprint density at radius 1 is 1.35 bits per heavy atom. The Bertz CT molecular complexity index is 441. The number of carbonyl (C=O) groups excluding carboxylic acids is 1. The Labute approximate surface area is 121 Å². The zero-order valence-corrected chi connectivity index (χ0v) is 12.3. The number of carbonyl (C=O) groups is 1. The summed E-state index contributed by atoms with van der Waals surface area (Å²) in [7, 11) is 1.88. The summed E-state index contributed by atoms with van der Waals surface area (Å²) in [4.78, 5) is 16.6. The van der Waals surface area contributed by atoms with Crippen molar-refractivity contribution >= 4 is 5.91 Å². The summed E-state index contributed by atoms with van der Waals surface area (Å²) in [6.45, 7) is 4.73. The van der Waals surface area contributed by atoms with E-state index >= 15 is 0 Å². The summed E-state index contributed by atoms with van der Waals surface area (Å²) in [5.41, 5.74) is 7.46. The van der Waals surface area contributed by atoms with Crippen molar-refractivity contribution in [2.24, 2.45) is 5.73 Å². The highest BCUT2D eigenvalue weighted by Gasteiger charge is 2.15. The minimum absolute atomic E-state index is 0.100. The summed E-state index contributed by atoms with van der Waals surface area (Å²) in [6, 6.07) is 7.80. The van der Waals surface area contributed by atoms with Gasteiger partial charge in [0, 0.05) is 25.7 Å². The lowest BCUT2D eigenvalue weighted by Gasteiger charge is -2.21. The number of likely N-dealkylation sites (N-methyl/N-ethyl adjacent to an activating group) is 1. The van der Waals surface area contributed by atoms with Gasteiger partial charge in [-0.3, -0.25) is 4.79 Å². The fourth-order valence-corrected chi connectivity index (χ4v) is 2.65. The van der Waals surface area contributed by atoms with E-state index in [2.05, 4.69) is 4.90 Å². The number of likely N-dealkylation sites (tertiary alicyclic amines) is 1. The van der Waals surface area contributed by atoms with Crippen molar-refractivity contribution in [3.63, 3.8) is 0 Å². The monoisotopic (exact) mass is 275 g/mol.